The van der Waals surface area contributed by atoms with Gasteiger partial charge in [-0.2, -0.15) is 5.10 Å². The van der Waals surface area contributed by atoms with E-state index < -0.39 is 0 Å². The first-order valence-corrected chi connectivity index (χ1v) is 13.1. The van der Waals surface area contributed by atoms with Gasteiger partial charge >= 0.3 is 0 Å². The first kappa shape index (κ1) is 23.9. The lowest BCUT2D eigenvalue weighted by atomic mass is 10.1. The summed E-state index contributed by atoms with van der Waals surface area (Å²) in [6, 6.07) is 8.50. The van der Waals surface area contributed by atoms with E-state index in [0.717, 1.165) is 35.8 Å². The second-order valence-electron chi connectivity index (χ2n) is 9.58. The molecule has 0 aliphatic heterocycles. The minimum Gasteiger partial charge on any atom is -0.254 e. The lowest BCUT2D eigenvalue weighted by molar-refractivity contribution is 0.551. The Morgan fingerprint density at radius 1 is 0.677 bits per heavy atom. The van der Waals surface area contributed by atoms with Crippen molar-refractivity contribution in [3.8, 4) is 11.4 Å². The SMILES string of the molecule is CCCCCCCc1ccc(-c2ccc(CCCCCCCCCC3CC3)nn2)nc1. The predicted octanol–water partition coefficient (Wildman–Crippen LogP) is 8.12. The van der Waals surface area contributed by atoms with Crippen LogP contribution in [0, 0.1) is 5.92 Å². The van der Waals surface area contributed by atoms with Crippen LogP contribution in [0.5, 0.6) is 0 Å². The Morgan fingerprint density at radius 3 is 2.00 bits per heavy atom. The molecule has 0 spiro atoms. The largest absolute Gasteiger partial charge is 0.254 e. The normalized spacial score (nSPS) is 13.6. The summed E-state index contributed by atoms with van der Waals surface area (Å²) in [4.78, 5) is 4.62. The van der Waals surface area contributed by atoms with Crippen molar-refractivity contribution < 1.29 is 0 Å². The van der Waals surface area contributed by atoms with Crippen molar-refractivity contribution in [1.82, 2.24) is 15.2 Å². The lowest BCUT2D eigenvalue weighted by Crippen LogP contribution is -1.97. The van der Waals surface area contributed by atoms with E-state index >= 15 is 0 Å². The Morgan fingerprint density at radius 2 is 1.35 bits per heavy atom. The van der Waals surface area contributed by atoms with E-state index in [9.17, 15) is 0 Å². The molecule has 0 atom stereocenters. The number of rotatable bonds is 17. The Bertz CT molecular complexity index is 704. The number of aromatic nitrogens is 3. The van der Waals surface area contributed by atoms with Crippen LogP contribution < -0.4 is 0 Å². The number of aryl methyl sites for hydroxylation is 2. The summed E-state index contributed by atoms with van der Waals surface area (Å²) in [5.41, 5.74) is 4.24. The van der Waals surface area contributed by atoms with E-state index in [1.807, 2.05) is 6.20 Å². The van der Waals surface area contributed by atoms with Crippen molar-refractivity contribution in [2.75, 3.05) is 0 Å². The average molecular weight is 422 g/mol. The van der Waals surface area contributed by atoms with Crippen LogP contribution in [0.4, 0.5) is 0 Å². The van der Waals surface area contributed by atoms with Gasteiger partial charge in [0.2, 0.25) is 0 Å². The maximum absolute atomic E-state index is 4.62. The summed E-state index contributed by atoms with van der Waals surface area (Å²) < 4.78 is 0. The minimum absolute atomic E-state index is 0.879. The molecule has 0 saturated heterocycles. The number of unbranched alkanes of at least 4 members (excludes halogenated alkanes) is 10. The molecule has 0 radical (unpaired) electrons. The molecule has 0 bridgehead atoms. The summed E-state index contributed by atoms with van der Waals surface area (Å²) in [6.45, 7) is 2.26. The molecule has 0 aromatic carbocycles. The maximum Gasteiger partial charge on any atom is 0.111 e. The highest BCUT2D eigenvalue weighted by atomic mass is 15.1. The van der Waals surface area contributed by atoms with E-state index in [-0.39, 0.29) is 0 Å². The van der Waals surface area contributed by atoms with Gasteiger partial charge in [0.1, 0.15) is 5.69 Å². The van der Waals surface area contributed by atoms with E-state index in [2.05, 4.69) is 46.4 Å². The van der Waals surface area contributed by atoms with Crippen molar-refractivity contribution >= 4 is 0 Å². The van der Waals surface area contributed by atoms with E-state index in [4.69, 9.17) is 0 Å². The van der Waals surface area contributed by atoms with E-state index in [0.29, 0.717) is 0 Å². The monoisotopic (exact) mass is 421 g/mol. The van der Waals surface area contributed by atoms with Gasteiger partial charge in [-0.3, -0.25) is 4.98 Å². The molecule has 1 aliphatic rings. The molecule has 2 aromatic rings. The molecule has 3 rings (SSSR count). The Hall–Kier alpha value is -1.77. The molecule has 0 N–H and O–H groups in total. The van der Waals surface area contributed by atoms with Crippen molar-refractivity contribution in [3.05, 3.63) is 41.7 Å². The van der Waals surface area contributed by atoms with Gasteiger partial charge in [0, 0.05) is 6.20 Å². The lowest BCUT2D eigenvalue weighted by Gasteiger charge is -2.05. The first-order valence-electron chi connectivity index (χ1n) is 13.1. The molecule has 1 aliphatic carbocycles. The fourth-order valence-corrected chi connectivity index (χ4v) is 4.32. The number of hydrogen-bond donors (Lipinski definition) is 0. The van der Waals surface area contributed by atoms with Crippen LogP contribution in [0.25, 0.3) is 11.4 Å². The molecule has 3 nitrogen and oxygen atoms in total. The number of pyridine rings is 1. The van der Waals surface area contributed by atoms with Crippen molar-refractivity contribution in [2.24, 2.45) is 5.92 Å². The Balaban J connectivity index is 1.27. The van der Waals surface area contributed by atoms with Crippen LogP contribution >= 0.6 is 0 Å². The summed E-state index contributed by atoms with van der Waals surface area (Å²) in [7, 11) is 0. The highest BCUT2D eigenvalue weighted by Crippen LogP contribution is 2.34. The fourth-order valence-electron chi connectivity index (χ4n) is 4.32. The molecule has 1 saturated carbocycles. The molecular weight excluding hydrogens is 378 g/mol. The summed E-state index contributed by atoms with van der Waals surface area (Å²) in [5.74, 6) is 1.10. The summed E-state index contributed by atoms with van der Waals surface area (Å²) in [6.07, 6.45) is 24.9. The van der Waals surface area contributed by atoms with Gasteiger partial charge in [0.25, 0.3) is 0 Å². The third-order valence-electron chi connectivity index (χ3n) is 6.62. The Labute approximate surface area is 190 Å². The molecule has 170 valence electrons. The van der Waals surface area contributed by atoms with Crippen LogP contribution in [0.15, 0.2) is 30.5 Å². The maximum atomic E-state index is 4.62. The molecule has 1 fully saturated rings. The second-order valence-corrected chi connectivity index (χ2v) is 9.58. The van der Waals surface area contributed by atoms with Gasteiger partial charge in [-0.15, -0.1) is 5.10 Å². The van der Waals surface area contributed by atoms with Crippen LogP contribution in [0.3, 0.4) is 0 Å². The molecule has 3 heteroatoms. The number of hydrogen-bond acceptors (Lipinski definition) is 3. The van der Waals surface area contributed by atoms with Gasteiger partial charge < -0.3 is 0 Å². The van der Waals surface area contributed by atoms with Crippen molar-refractivity contribution in [3.63, 3.8) is 0 Å². The zero-order valence-corrected chi connectivity index (χ0v) is 19.8. The van der Waals surface area contributed by atoms with Crippen LogP contribution in [0.1, 0.15) is 114 Å². The highest BCUT2D eigenvalue weighted by molar-refractivity contribution is 5.53. The number of nitrogens with zero attached hydrogens (tertiary/aromatic N) is 3. The van der Waals surface area contributed by atoms with Gasteiger partial charge in [-0.25, -0.2) is 0 Å². The Kier molecular flexibility index (Phi) is 11.0. The second kappa shape index (κ2) is 14.3. The van der Waals surface area contributed by atoms with Gasteiger partial charge in [-0.05, 0) is 55.4 Å². The minimum atomic E-state index is 0.879. The molecule has 0 unspecified atom stereocenters. The zero-order valence-electron chi connectivity index (χ0n) is 19.8. The van der Waals surface area contributed by atoms with Gasteiger partial charge in [-0.1, -0.05) is 96.5 Å². The van der Waals surface area contributed by atoms with Gasteiger partial charge in [0.15, 0.2) is 0 Å². The highest BCUT2D eigenvalue weighted by Gasteiger charge is 2.19. The van der Waals surface area contributed by atoms with Gasteiger partial charge in [0.05, 0.1) is 11.4 Å². The molecule has 2 heterocycles. The van der Waals surface area contributed by atoms with Crippen LogP contribution in [-0.2, 0) is 12.8 Å². The van der Waals surface area contributed by atoms with E-state index in [1.165, 1.54) is 102 Å². The van der Waals surface area contributed by atoms with Crippen LogP contribution in [0.2, 0.25) is 0 Å². The quantitative estimate of drug-likeness (QED) is 0.242. The van der Waals surface area contributed by atoms with Crippen LogP contribution in [-0.4, -0.2) is 15.2 Å². The first-order chi connectivity index (χ1) is 15.3. The van der Waals surface area contributed by atoms with Crippen molar-refractivity contribution in [1.29, 1.82) is 0 Å². The summed E-state index contributed by atoms with van der Waals surface area (Å²) in [5, 5.41) is 8.88. The third-order valence-corrected chi connectivity index (χ3v) is 6.62. The molecule has 0 amide bonds. The molecule has 2 aromatic heterocycles. The topological polar surface area (TPSA) is 38.7 Å². The summed E-state index contributed by atoms with van der Waals surface area (Å²) >= 11 is 0. The van der Waals surface area contributed by atoms with Crippen molar-refractivity contribution in [2.45, 2.75) is 116 Å². The van der Waals surface area contributed by atoms with E-state index in [1.54, 1.807) is 0 Å². The molecular formula is C28H43N3. The predicted molar refractivity (Wildman–Crippen MR) is 131 cm³/mol. The molecule has 31 heavy (non-hydrogen) atoms. The average Bonchev–Trinajstić information content (AvgIpc) is 3.63. The third kappa shape index (κ3) is 9.93. The fraction of sp³-hybridized carbons (Fsp3) is 0.679. The smallest absolute Gasteiger partial charge is 0.111 e. The standard InChI is InChI=1S/C28H43N3/c1-2-3-4-8-12-15-25-19-21-27(29-23-25)28-22-20-26(30-31-28)16-13-10-7-5-6-9-11-14-24-17-18-24/h19-24H,2-18H2,1H3. The zero-order chi connectivity index (χ0) is 21.6.